The molecule has 0 saturated heterocycles. The summed E-state index contributed by atoms with van der Waals surface area (Å²) in [5.74, 6) is -0.204. The van der Waals surface area contributed by atoms with Crippen molar-refractivity contribution >= 4 is 0 Å². The normalized spacial score (nSPS) is 22.9. The highest BCUT2D eigenvalue weighted by Crippen LogP contribution is 2.35. The van der Waals surface area contributed by atoms with Crippen molar-refractivity contribution < 1.29 is 9.13 Å². The Kier molecular flexibility index (Phi) is 4.15. The van der Waals surface area contributed by atoms with Gasteiger partial charge in [-0.2, -0.15) is 0 Å². The summed E-state index contributed by atoms with van der Waals surface area (Å²) in [5.41, 5.74) is 0.681. The van der Waals surface area contributed by atoms with E-state index in [1.807, 2.05) is 18.2 Å². The Labute approximate surface area is 108 Å². The minimum Gasteiger partial charge on any atom is -0.362 e. The van der Waals surface area contributed by atoms with Gasteiger partial charge in [0.25, 0.3) is 0 Å². The number of halogens is 1. The molecule has 1 aromatic rings. The first-order valence-electron chi connectivity index (χ1n) is 6.35. The SMILES string of the molecule is CN(C)CCCC1(c2ccc(F)cc2)C=CCO1. The van der Waals surface area contributed by atoms with E-state index in [-0.39, 0.29) is 11.4 Å². The van der Waals surface area contributed by atoms with Crippen molar-refractivity contribution in [3.05, 3.63) is 47.8 Å². The van der Waals surface area contributed by atoms with Gasteiger partial charge < -0.3 is 9.64 Å². The number of rotatable bonds is 5. The number of nitrogens with zero attached hydrogens (tertiary/aromatic N) is 1. The van der Waals surface area contributed by atoms with Gasteiger partial charge in [-0.1, -0.05) is 24.3 Å². The molecule has 2 rings (SSSR count). The molecule has 1 aliphatic rings. The van der Waals surface area contributed by atoms with Crippen molar-refractivity contribution in [3.8, 4) is 0 Å². The molecule has 0 bridgehead atoms. The Morgan fingerprint density at radius 1 is 1.28 bits per heavy atom. The zero-order valence-corrected chi connectivity index (χ0v) is 11.0. The molecule has 0 N–H and O–H groups in total. The van der Waals surface area contributed by atoms with E-state index in [1.54, 1.807) is 0 Å². The summed E-state index contributed by atoms with van der Waals surface area (Å²) >= 11 is 0. The molecule has 1 aliphatic heterocycles. The van der Waals surface area contributed by atoms with E-state index in [2.05, 4.69) is 25.1 Å². The van der Waals surface area contributed by atoms with Crippen LogP contribution in [0.5, 0.6) is 0 Å². The smallest absolute Gasteiger partial charge is 0.123 e. The van der Waals surface area contributed by atoms with Crippen LogP contribution in [0.25, 0.3) is 0 Å². The number of hydrogen-bond donors (Lipinski definition) is 0. The predicted octanol–water partition coefficient (Wildman–Crippen LogP) is 2.95. The molecular weight excluding hydrogens is 229 g/mol. The fraction of sp³-hybridized carbons (Fsp3) is 0.467. The standard InChI is InChI=1S/C15H20FNO/c1-17(2)11-3-9-15(10-4-12-18-15)13-5-7-14(16)8-6-13/h4-8,10H,3,9,11-12H2,1-2H3. The Balaban J connectivity index is 2.11. The van der Waals surface area contributed by atoms with Gasteiger partial charge in [-0.25, -0.2) is 4.39 Å². The van der Waals surface area contributed by atoms with Crippen LogP contribution in [0.3, 0.4) is 0 Å². The highest BCUT2D eigenvalue weighted by molar-refractivity contribution is 5.30. The van der Waals surface area contributed by atoms with E-state index in [1.165, 1.54) is 12.1 Å². The summed E-state index contributed by atoms with van der Waals surface area (Å²) in [5, 5.41) is 0. The molecular formula is C15H20FNO. The van der Waals surface area contributed by atoms with Gasteiger partial charge in [0.2, 0.25) is 0 Å². The maximum absolute atomic E-state index is 13.0. The Morgan fingerprint density at radius 3 is 2.56 bits per heavy atom. The van der Waals surface area contributed by atoms with Crippen molar-refractivity contribution in [3.63, 3.8) is 0 Å². The highest BCUT2D eigenvalue weighted by Gasteiger charge is 2.32. The van der Waals surface area contributed by atoms with E-state index in [4.69, 9.17) is 4.74 Å². The molecule has 98 valence electrons. The van der Waals surface area contributed by atoms with Crippen molar-refractivity contribution in [2.45, 2.75) is 18.4 Å². The van der Waals surface area contributed by atoms with Gasteiger partial charge in [0.05, 0.1) is 6.61 Å². The average molecular weight is 249 g/mol. The first kappa shape index (κ1) is 13.2. The number of ether oxygens (including phenoxy) is 1. The monoisotopic (exact) mass is 249 g/mol. The van der Waals surface area contributed by atoms with Crippen LogP contribution in [0.4, 0.5) is 4.39 Å². The summed E-state index contributed by atoms with van der Waals surface area (Å²) in [6, 6.07) is 6.64. The second kappa shape index (κ2) is 5.63. The molecule has 1 atom stereocenters. The van der Waals surface area contributed by atoms with Gasteiger partial charge >= 0.3 is 0 Å². The van der Waals surface area contributed by atoms with Crippen molar-refractivity contribution in [2.75, 3.05) is 27.2 Å². The maximum atomic E-state index is 13.0. The summed E-state index contributed by atoms with van der Waals surface area (Å²) in [7, 11) is 4.13. The van der Waals surface area contributed by atoms with Crippen LogP contribution in [-0.2, 0) is 10.3 Å². The molecule has 0 saturated carbocycles. The summed E-state index contributed by atoms with van der Waals surface area (Å²) in [6.07, 6.45) is 6.12. The van der Waals surface area contributed by atoms with E-state index in [0.29, 0.717) is 6.61 Å². The van der Waals surface area contributed by atoms with Gasteiger partial charge in [0.15, 0.2) is 0 Å². The number of hydrogen-bond acceptors (Lipinski definition) is 2. The zero-order chi connectivity index (χ0) is 13.0. The molecule has 18 heavy (non-hydrogen) atoms. The molecule has 0 amide bonds. The van der Waals surface area contributed by atoms with Crippen LogP contribution in [0.1, 0.15) is 18.4 Å². The maximum Gasteiger partial charge on any atom is 0.123 e. The van der Waals surface area contributed by atoms with E-state index in [0.717, 1.165) is 24.9 Å². The molecule has 0 aliphatic carbocycles. The zero-order valence-electron chi connectivity index (χ0n) is 11.0. The first-order chi connectivity index (χ1) is 8.62. The van der Waals surface area contributed by atoms with E-state index in [9.17, 15) is 4.39 Å². The summed E-state index contributed by atoms with van der Waals surface area (Å²) in [6.45, 7) is 1.67. The minimum atomic E-state index is -0.357. The summed E-state index contributed by atoms with van der Waals surface area (Å²) < 4.78 is 18.9. The largest absolute Gasteiger partial charge is 0.362 e. The van der Waals surface area contributed by atoms with Gasteiger partial charge in [-0.15, -0.1) is 0 Å². The second-order valence-corrected chi connectivity index (χ2v) is 5.02. The molecule has 0 radical (unpaired) electrons. The molecule has 3 heteroatoms. The Hall–Kier alpha value is -1.19. The highest BCUT2D eigenvalue weighted by atomic mass is 19.1. The van der Waals surface area contributed by atoms with Gasteiger partial charge in [0.1, 0.15) is 11.4 Å². The Morgan fingerprint density at radius 2 is 2.00 bits per heavy atom. The predicted molar refractivity (Wildman–Crippen MR) is 71.0 cm³/mol. The third-order valence-corrected chi connectivity index (χ3v) is 3.31. The first-order valence-corrected chi connectivity index (χ1v) is 6.35. The average Bonchev–Trinajstić information content (AvgIpc) is 2.79. The van der Waals surface area contributed by atoms with E-state index >= 15 is 0 Å². The fourth-order valence-corrected chi connectivity index (χ4v) is 2.35. The molecule has 0 spiro atoms. The van der Waals surface area contributed by atoms with E-state index < -0.39 is 0 Å². The lowest BCUT2D eigenvalue weighted by atomic mass is 9.89. The third kappa shape index (κ3) is 2.98. The van der Waals surface area contributed by atoms with Crippen LogP contribution >= 0.6 is 0 Å². The molecule has 1 aromatic carbocycles. The lowest BCUT2D eigenvalue weighted by molar-refractivity contribution is 0.0128. The molecule has 1 unspecified atom stereocenters. The lowest BCUT2D eigenvalue weighted by Crippen LogP contribution is -2.26. The van der Waals surface area contributed by atoms with Crippen molar-refractivity contribution in [1.82, 2.24) is 4.90 Å². The minimum absolute atomic E-state index is 0.204. The van der Waals surface area contributed by atoms with Gasteiger partial charge in [-0.3, -0.25) is 0 Å². The quantitative estimate of drug-likeness (QED) is 0.744. The second-order valence-electron chi connectivity index (χ2n) is 5.02. The van der Waals surface area contributed by atoms with Crippen LogP contribution in [0, 0.1) is 5.82 Å². The van der Waals surface area contributed by atoms with Gasteiger partial charge in [-0.05, 0) is 51.2 Å². The molecule has 2 nitrogen and oxygen atoms in total. The van der Waals surface area contributed by atoms with Gasteiger partial charge in [0, 0.05) is 0 Å². The molecule has 1 heterocycles. The molecule has 0 fully saturated rings. The lowest BCUT2D eigenvalue weighted by Gasteiger charge is -2.28. The van der Waals surface area contributed by atoms with Crippen molar-refractivity contribution in [1.29, 1.82) is 0 Å². The van der Waals surface area contributed by atoms with Crippen molar-refractivity contribution in [2.24, 2.45) is 0 Å². The summed E-state index contributed by atoms with van der Waals surface area (Å²) in [4.78, 5) is 2.16. The van der Waals surface area contributed by atoms with Crippen LogP contribution in [0.15, 0.2) is 36.4 Å². The fourth-order valence-electron chi connectivity index (χ4n) is 2.35. The Bertz CT molecular complexity index is 413. The molecule has 0 aromatic heterocycles. The number of benzene rings is 1. The third-order valence-electron chi connectivity index (χ3n) is 3.31. The van der Waals surface area contributed by atoms with Crippen LogP contribution in [0.2, 0.25) is 0 Å². The van der Waals surface area contributed by atoms with Crippen LogP contribution in [-0.4, -0.2) is 32.1 Å². The van der Waals surface area contributed by atoms with Crippen LogP contribution < -0.4 is 0 Å². The topological polar surface area (TPSA) is 12.5 Å².